The van der Waals surface area contributed by atoms with Crippen molar-refractivity contribution in [2.45, 2.75) is 38.4 Å². The smallest absolute Gasteiger partial charge is 0.235 e. The van der Waals surface area contributed by atoms with Crippen molar-refractivity contribution in [3.8, 4) is 0 Å². The van der Waals surface area contributed by atoms with E-state index in [1.54, 1.807) is 6.92 Å². The molecule has 0 heterocycles. The van der Waals surface area contributed by atoms with Crippen molar-refractivity contribution in [1.82, 2.24) is 5.32 Å². The zero-order valence-electron chi connectivity index (χ0n) is 9.62. The van der Waals surface area contributed by atoms with Crippen molar-refractivity contribution in [2.24, 2.45) is 5.73 Å². The lowest BCUT2D eigenvalue weighted by molar-refractivity contribution is -0.120. The number of nitrogens with two attached hydrogens (primary N) is 1. The summed E-state index contributed by atoms with van der Waals surface area (Å²) in [6, 6.07) is 0. The van der Waals surface area contributed by atoms with E-state index in [4.69, 9.17) is 5.73 Å². The molecule has 0 aliphatic carbocycles. The fraction of sp³-hybridized carbons (Fsp3) is 0.900. The molecule has 15 heavy (non-hydrogen) atoms. The van der Waals surface area contributed by atoms with Gasteiger partial charge < -0.3 is 11.1 Å². The van der Waals surface area contributed by atoms with Crippen LogP contribution in [0.4, 0.5) is 0 Å². The summed E-state index contributed by atoms with van der Waals surface area (Å²) in [4.78, 5) is 11.5. The van der Waals surface area contributed by atoms with Crippen LogP contribution in [0.15, 0.2) is 0 Å². The average Bonchev–Trinajstić information content (AvgIpc) is 2.23. The van der Waals surface area contributed by atoms with Crippen LogP contribution in [0.2, 0.25) is 0 Å². The molecule has 0 aromatic heterocycles. The Hall–Kier alpha value is -0.420. The molecule has 0 aromatic carbocycles. The van der Waals surface area contributed by atoms with E-state index < -0.39 is 16.0 Å². The highest BCUT2D eigenvalue weighted by atomic mass is 32.2. The molecular formula is C10H22N2O2S. The minimum absolute atomic E-state index is 0.127. The molecule has 4 nitrogen and oxygen atoms in total. The zero-order valence-corrected chi connectivity index (χ0v) is 10.4. The van der Waals surface area contributed by atoms with E-state index in [-0.39, 0.29) is 5.91 Å². The molecule has 3 N–H and O–H groups in total. The second kappa shape index (κ2) is 8.85. The first kappa shape index (κ1) is 14.6. The summed E-state index contributed by atoms with van der Waals surface area (Å²) in [5.41, 5.74) is 5.28. The Kier molecular flexibility index (Phi) is 8.61. The summed E-state index contributed by atoms with van der Waals surface area (Å²) in [5, 5.41) is 2.33. The Balaban J connectivity index is 3.73. The minimum Gasteiger partial charge on any atom is -0.355 e. The van der Waals surface area contributed by atoms with E-state index in [0.29, 0.717) is 18.8 Å². The van der Waals surface area contributed by atoms with Crippen LogP contribution in [0, 0.1) is 0 Å². The van der Waals surface area contributed by atoms with E-state index in [9.17, 15) is 9.00 Å². The molecule has 0 saturated carbocycles. The molecule has 2 atom stereocenters. The van der Waals surface area contributed by atoms with Crippen LogP contribution in [0.1, 0.15) is 33.1 Å². The third-order valence-electron chi connectivity index (χ3n) is 2.16. The van der Waals surface area contributed by atoms with E-state index in [0.717, 1.165) is 19.3 Å². The first-order valence-corrected chi connectivity index (χ1v) is 6.86. The molecule has 0 aromatic rings. The molecule has 2 unspecified atom stereocenters. The van der Waals surface area contributed by atoms with Gasteiger partial charge in [-0.05, 0) is 13.3 Å². The lowest BCUT2D eigenvalue weighted by Gasteiger charge is -2.11. The monoisotopic (exact) mass is 234 g/mol. The van der Waals surface area contributed by atoms with Crippen molar-refractivity contribution in [2.75, 3.05) is 18.8 Å². The second-order valence-corrected chi connectivity index (χ2v) is 5.39. The topological polar surface area (TPSA) is 72.2 Å². The summed E-state index contributed by atoms with van der Waals surface area (Å²) in [6.45, 7) is 4.83. The second-order valence-electron chi connectivity index (χ2n) is 3.51. The van der Waals surface area contributed by atoms with E-state index in [1.807, 2.05) is 0 Å². The predicted molar refractivity (Wildman–Crippen MR) is 64.1 cm³/mol. The van der Waals surface area contributed by atoms with Crippen molar-refractivity contribution in [3.05, 3.63) is 0 Å². The third kappa shape index (κ3) is 6.62. The number of unbranched alkanes of at least 4 members (excludes halogenated alkanes) is 2. The van der Waals surface area contributed by atoms with Crippen molar-refractivity contribution >= 4 is 16.7 Å². The van der Waals surface area contributed by atoms with Crippen LogP contribution in [-0.2, 0) is 15.6 Å². The predicted octanol–water partition coefficient (Wildman–Crippen LogP) is 0.389. The van der Waals surface area contributed by atoms with E-state index in [1.165, 1.54) is 0 Å². The molecule has 0 aliphatic heterocycles. The van der Waals surface area contributed by atoms with Gasteiger partial charge in [0.2, 0.25) is 5.91 Å². The Bertz CT molecular complexity index is 210. The molecule has 0 rings (SSSR count). The molecule has 0 radical (unpaired) electrons. The highest BCUT2D eigenvalue weighted by Crippen LogP contribution is 1.97. The first-order valence-electron chi connectivity index (χ1n) is 5.48. The van der Waals surface area contributed by atoms with Crippen LogP contribution in [0.5, 0.6) is 0 Å². The fourth-order valence-electron chi connectivity index (χ4n) is 1.14. The quantitative estimate of drug-likeness (QED) is 0.597. The number of hydrogen-bond acceptors (Lipinski definition) is 3. The maximum Gasteiger partial charge on any atom is 0.235 e. The summed E-state index contributed by atoms with van der Waals surface area (Å²) >= 11 is 0. The molecule has 0 spiro atoms. The Morgan fingerprint density at radius 2 is 2.13 bits per heavy atom. The molecule has 0 aliphatic rings. The standard InChI is InChI=1S/C10H22N2O2S/c1-3-4-5-7-12-10(13)9(2)15(14)8-6-11/h9H,3-8,11H2,1-2H3,(H,12,13). The number of nitrogens with one attached hydrogen (secondary N) is 1. The van der Waals surface area contributed by atoms with Crippen LogP contribution in [0.25, 0.3) is 0 Å². The molecule has 1 amide bonds. The highest BCUT2D eigenvalue weighted by Gasteiger charge is 2.18. The maximum atomic E-state index is 11.5. The third-order valence-corrected chi connectivity index (χ3v) is 3.80. The van der Waals surface area contributed by atoms with Crippen molar-refractivity contribution in [1.29, 1.82) is 0 Å². The van der Waals surface area contributed by atoms with Crippen LogP contribution in [0.3, 0.4) is 0 Å². The molecule has 5 heteroatoms. The van der Waals surface area contributed by atoms with Gasteiger partial charge in [-0.1, -0.05) is 19.8 Å². The molecule has 0 saturated heterocycles. The van der Waals surface area contributed by atoms with Crippen LogP contribution < -0.4 is 11.1 Å². The van der Waals surface area contributed by atoms with Gasteiger partial charge in [-0.15, -0.1) is 0 Å². The number of rotatable bonds is 8. The zero-order chi connectivity index (χ0) is 11.7. The lowest BCUT2D eigenvalue weighted by Crippen LogP contribution is -2.37. The van der Waals surface area contributed by atoms with Gasteiger partial charge in [0, 0.05) is 29.6 Å². The molecule has 0 fully saturated rings. The van der Waals surface area contributed by atoms with Gasteiger partial charge in [-0.2, -0.15) is 0 Å². The number of carbonyl (C=O) groups is 1. The van der Waals surface area contributed by atoms with Gasteiger partial charge >= 0.3 is 0 Å². The van der Waals surface area contributed by atoms with Crippen LogP contribution >= 0.6 is 0 Å². The van der Waals surface area contributed by atoms with Crippen LogP contribution in [-0.4, -0.2) is 34.2 Å². The molecular weight excluding hydrogens is 212 g/mol. The Morgan fingerprint density at radius 1 is 1.47 bits per heavy atom. The largest absolute Gasteiger partial charge is 0.355 e. The summed E-state index contributed by atoms with van der Waals surface area (Å²) < 4.78 is 11.4. The lowest BCUT2D eigenvalue weighted by atomic mass is 10.2. The van der Waals surface area contributed by atoms with Gasteiger partial charge in [-0.3, -0.25) is 9.00 Å². The summed E-state index contributed by atoms with van der Waals surface area (Å²) in [5.74, 6) is 0.265. The Morgan fingerprint density at radius 3 is 2.67 bits per heavy atom. The number of amides is 1. The Labute approximate surface area is 94.4 Å². The van der Waals surface area contributed by atoms with Gasteiger partial charge in [-0.25, -0.2) is 0 Å². The number of hydrogen-bond donors (Lipinski definition) is 2. The van der Waals surface area contributed by atoms with Crippen molar-refractivity contribution < 1.29 is 9.00 Å². The maximum absolute atomic E-state index is 11.5. The average molecular weight is 234 g/mol. The fourth-order valence-corrected chi connectivity index (χ4v) is 2.05. The molecule has 90 valence electrons. The normalized spacial score (nSPS) is 14.6. The van der Waals surface area contributed by atoms with Gasteiger partial charge in [0.1, 0.15) is 5.25 Å². The highest BCUT2D eigenvalue weighted by molar-refractivity contribution is 7.86. The van der Waals surface area contributed by atoms with E-state index >= 15 is 0 Å². The van der Waals surface area contributed by atoms with Crippen molar-refractivity contribution in [3.63, 3.8) is 0 Å². The summed E-state index contributed by atoms with van der Waals surface area (Å²) in [6.07, 6.45) is 3.23. The first-order chi connectivity index (χ1) is 7.13. The van der Waals surface area contributed by atoms with Gasteiger partial charge in [0.25, 0.3) is 0 Å². The minimum atomic E-state index is -1.14. The van der Waals surface area contributed by atoms with E-state index in [2.05, 4.69) is 12.2 Å². The SMILES string of the molecule is CCCCCNC(=O)C(C)S(=O)CCN. The number of carbonyl (C=O) groups excluding carboxylic acids is 1. The van der Waals surface area contributed by atoms with Gasteiger partial charge in [0.15, 0.2) is 0 Å². The summed E-state index contributed by atoms with van der Waals surface area (Å²) in [7, 11) is -1.14. The van der Waals surface area contributed by atoms with Gasteiger partial charge in [0.05, 0.1) is 0 Å². The molecule has 0 bridgehead atoms.